The fourth-order valence-electron chi connectivity index (χ4n) is 2.75. The third-order valence-electron chi connectivity index (χ3n) is 3.67. The van der Waals surface area contributed by atoms with Crippen LogP contribution in [0.5, 0.6) is 5.75 Å². The Morgan fingerprint density at radius 1 is 1.00 bits per heavy atom. The lowest BCUT2D eigenvalue weighted by atomic mass is 9.82. The van der Waals surface area contributed by atoms with Gasteiger partial charge in [0.1, 0.15) is 5.75 Å². The average Bonchev–Trinajstić information content (AvgIpc) is 2.54. The third kappa shape index (κ3) is 1.31. The van der Waals surface area contributed by atoms with Crippen molar-refractivity contribution in [2.75, 3.05) is 0 Å². The van der Waals surface area contributed by atoms with E-state index in [1.165, 1.54) is 11.1 Å². The lowest BCUT2D eigenvalue weighted by Gasteiger charge is -2.21. The van der Waals surface area contributed by atoms with Gasteiger partial charge in [0, 0.05) is 11.0 Å². The molecule has 0 saturated heterocycles. The molecule has 0 atom stereocenters. The fraction of sp³-hybridized carbons (Fsp3) is 0.200. The number of rotatable bonds is 0. The Bertz CT molecular complexity index is 614. The number of phenolic OH excluding ortho intramolecular Hbond substituents is 1. The minimum absolute atomic E-state index is 0.0376. The topological polar surface area (TPSA) is 20.2 Å². The molecule has 3 rings (SSSR count). The van der Waals surface area contributed by atoms with Crippen LogP contribution in [0.3, 0.4) is 0 Å². The van der Waals surface area contributed by atoms with Crippen molar-refractivity contribution in [2.45, 2.75) is 19.3 Å². The summed E-state index contributed by atoms with van der Waals surface area (Å²) < 4.78 is 0.753. The van der Waals surface area contributed by atoms with E-state index in [0.717, 1.165) is 15.6 Å². The zero-order valence-electron chi connectivity index (χ0n) is 9.79. The highest BCUT2D eigenvalue weighted by Gasteiger charge is 2.37. The second-order valence-corrected chi connectivity index (χ2v) is 5.84. The highest BCUT2D eigenvalue weighted by Crippen LogP contribution is 2.53. The summed E-state index contributed by atoms with van der Waals surface area (Å²) in [5.41, 5.74) is 4.55. The molecule has 2 aromatic carbocycles. The molecule has 0 aromatic heterocycles. The Morgan fingerprint density at radius 2 is 1.71 bits per heavy atom. The molecule has 86 valence electrons. The van der Waals surface area contributed by atoms with Crippen molar-refractivity contribution in [2.24, 2.45) is 0 Å². The molecule has 1 aliphatic carbocycles. The van der Waals surface area contributed by atoms with Gasteiger partial charge >= 0.3 is 0 Å². The van der Waals surface area contributed by atoms with E-state index in [-0.39, 0.29) is 5.41 Å². The van der Waals surface area contributed by atoms with E-state index in [9.17, 15) is 5.11 Å². The number of aromatic hydroxyl groups is 1. The first-order valence-electron chi connectivity index (χ1n) is 5.65. The summed E-state index contributed by atoms with van der Waals surface area (Å²) in [6.07, 6.45) is 0. The molecule has 0 heterocycles. The molecule has 0 spiro atoms. The maximum atomic E-state index is 10.3. The fourth-order valence-corrected chi connectivity index (χ4v) is 3.08. The second-order valence-electron chi connectivity index (χ2n) is 4.99. The van der Waals surface area contributed by atoms with E-state index in [0.29, 0.717) is 5.75 Å². The van der Waals surface area contributed by atoms with Crippen LogP contribution in [0, 0.1) is 0 Å². The average molecular weight is 289 g/mol. The van der Waals surface area contributed by atoms with Crippen molar-refractivity contribution in [3.63, 3.8) is 0 Å². The van der Waals surface area contributed by atoms with E-state index in [1.54, 1.807) is 0 Å². The first kappa shape index (κ1) is 10.8. The molecule has 17 heavy (non-hydrogen) atoms. The lowest BCUT2D eigenvalue weighted by Crippen LogP contribution is -2.14. The molecule has 0 aliphatic heterocycles. The number of benzene rings is 2. The van der Waals surface area contributed by atoms with Crippen molar-refractivity contribution in [1.29, 1.82) is 0 Å². The smallest absolute Gasteiger partial charge is 0.137 e. The molecule has 2 aromatic rings. The van der Waals surface area contributed by atoms with Crippen LogP contribution >= 0.6 is 15.9 Å². The first-order chi connectivity index (χ1) is 8.03. The summed E-state index contributed by atoms with van der Waals surface area (Å²) >= 11 is 3.39. The van der Waals surface area contributed by atoms with Gasteiger partial charge in [0.05, 0.1) is 4.47 Å². The molecular formula is C15H13BrO. The van der Waals surface area contributed by atoms with E-state index >= 15 is 0 Å². The van der Waals surface area contributed by atoms with E-state index in [1.807, 2.05) is 12.1 Å². The molecule has 0 fully saturated rings. The number of hydrogen-bond acceptors (Lipinski definition) is 1. The Kier molecular flexibility index (Phi) is 2.14. The predicted octanol–water partition coefficient (Wildman–Crippen LogP) is 4.46. The zero-order chi connectivity index (χ0) is 12.2. The summed E-state index contributed by atoms with van der Waals surface area (Å²) in [6.45, 7) is 4.40. The van der Waals surface area contributed by atoms with Crippen LogP contribution in [0.2, 0.25) is 0 Å². The van der Waals surface area contributed by atoms with Gasteiger partial charge in [-0.2, -0.15) is 0 Å². The van der Waals surface area contributed by atoms with Gasteiger partial charge in [-0.3, -0.25) is 0 Å². The highest BCUT2D eigenvalue weighted by atomic mass is 79.9. The number of fused-ring (bicyclic) bond motifs is 3. The predicted molar refractivity (Wildman–Crippen MR) is 73.4 cm³/mol. The molecule has 0 bridgehead atoms. The van der Waals surface area contributed by atoms with Crippen molar-refractivity contribution in [3.05, 3.63) is 52.0 Å². The molecule has 1 nitrogen and oxygen atoms in total. The second kappa shape index (κ2) is 3.36. The van der Waals surface area contributed by atoms with Gasteiger partial charge in [-0.15, -0.1) is 0 Å². The van der Waals surface area contributed by atoms with Gasteiger partial charge in [-0.1, -0.05) is 44.2 Å². The van der Waals surface area contributed by atoms with Crippen LogP contribution in [-0.2, 0) is 5.41 Å². The molecule has 0 radical (unpaired) electrons. The van der Waals surface area contributed by atoms with Crippen LogP contribution in [0.4, 0.5) is 0 Å². The van der Waals surface area contributed by atoms with Crippen LogP contribution in [0.15, 0.2) is 40.9 Å². The minimum Gasteiger partial charge on any atom is -0.506 e. The SMILES string of the molecule is CC1(C)c2ccccc2-c2c1ccc(Br)c2O. The summed E-state index contributed by atoms with van der Waals surface area (Å²) in [5, 5.41) is 10.3. The maximum Gasteiger partial charge on any atom is 0.137 e. The number of hydrogen-bond donors (Lipinski definition) is 1. The number of halogens is 1. The minimum atomic E-state index is -0.0376. The van der Waals surface area contributed by atoms with E-state index in [4.69, 9.17) is 0 Å². The third-order valence-corrected chi connectivity index (χ3v) is 4.31. The van der Waals surface area contributed by atoms with Crippen molar-refractivity contribution >= 4 is 15.9 Å². The highest BCUT2D eigenvalue weighted by molar-refractivity contribution is 9.10. The number of phenols is 1. The van der Waals surface area contributed by atoms with Gasteiger partial charge < -0.3 is 5.11 Å². The molecule has 1 N–H and O–H groups in total. The van der Waals surface area contributed by atoms with Gasteiger partial charge in [0.25, 0.3) is 0 Å². The van der Waals surface area contributed by atoms with Crippen molar-refractivity contribution in [3.8, 4) is 16.9 Å². The molecule has 0 amide bonds. The quantitative estimate of drug-likeness (QED) is 0.759. The first-order valence-corrected chi connectivity index (χ1v) is 6.44. The summed E-state index contributed by atoms with van der Waals surface area (Å²) in [4.78, 5) is 0. The van der Waals surface area contributed by atoms with Gasteiger partial charge in [0.2, 0.25) is 0 Å². The summed E-state index contributed by atoms with van der Waals surface area (Å²) in [6, 6.07) is 12.3. The molecule has 1 aliphatic rings. The molecule has 0 saturated carbocycles. The van der Waals surface area contributed by atoms with E-state index in [2.05, 4.69) is 54.0 Å². The lowest BCUT2D eigenvalue weighted by molar-refractivity contribution is 0.473. The van der Waals surface area contributed by atoms with Crippen LogP contribution < -0.4 is 0 Å². The normalized spacial score (nSPS) is 15.5. The van der Waals surface area contributed by atoms with Crippen LogP contribution in [0.25, 0.3) is 11.1 Å². The largest absolute Gasteiger partial charge is 0.506 e. The van der Waals surface area contributed by atoms with Crippen LogP contribution in [0.1, 0.15) is 25.0 Å². The summed E-state index contributed by atoms with van der Waals surface area (Å²) in [5.74, 6) is 0.348. The Balaban J connectivity index is 2.46. The van der Waals surface area contributed by atoms with Gasteiger partial charge in [0.15, 0.2) is 0 Å². The Hall–Kier alpha value is -1.28. The maximum absolute atomic E-state index is 10.3. The van der Waals surface area contributed by atoms with Gasteiger partial charge in [-0.25, -0.2) is 0 Å². The van der Waals surface area contributed by atoms with Gasteiger partial charge in [-0.05, 0) is 38.7 Å². The zero-order valence-corrected chi connectivity index (χ0v) is 11.4. The molecule has 2 heteroatoms. The van der Waals surface area contributed by atoms with Crippen molar-refractivity contribution in [1.82, 2.24) is 0 Å². The standard InChI is InChI=1S/C15H13BrO/c1-15(2)10-6-4-3-5-9(10)13-11(15)7-8-12(16)14(13)17/h3-8,17H,1-2H3. The molecule has 0 unspecified atom stereocenters. The Labute approximate surface area is 109 Å². The van der Waals surface area contributed by atoms with Crippen molar-refractivity contribution < 1.29 is 5.11 Å². The monoisotopic (exact) mass is 288 g/mol. The summed E-state index contributed by atoms with van der Waals surface area (Å²) in [7, 11) is 0. The van der Waals surface area contributed by atoms with E-state index < -0.39 is 0 Å². The van der Waals surface area contributed by atoms with Crippen LogP contribution in [-0.4, -0.2) is 5.11 Å². The Morgan fingerprint density at radius 3 is 2.47 bits per heavy atom. The molecular weight excluding hydrogens is 276 g/mol.